The number of amides is 1. The zero-order valence-electron chi connectivity index (χ0n) is 13.8. The molecule has 0 aliphatic carbocycles. The third kappa shape index (κ3) is 4.15. The lowest BCUT2D eigenvalue weighted by atomic mass is 10.2. The lowest BCUT2D eigenvalue weighted by Gasteiger charge is -2.13. The van der Waals surface area contributed by atoms with Gasteiger partial charge in [-0.2, -0.15) is 0 Å². The molecule has 0 bridgehead atoms. The maximum Gasteiger partial charge on any atom is 0.237 e. The zero-order valence-corrected chi connectivity index (χ0v) is 16.1. The molecule has 134 valence electrons. The monoisotopic (exact) mass is 406 g/mol. The Kier molecular flexibility index (Phi) is 5.76. The molecule has 2 aromatic carbocycles. The van der Waals surface area contributed by atoms with E-state index < -0.39 is 5.25 Å². The SMILES string of the molecule is CC(Sc1nc(-c2ccccc2)cn1N)C(=O)Nc1cccc(Cl)c1Cl. The number of nitrogens with one attached hydrogen (secondary N) is 1. The van der Waals surface area contributed by atoms with Crippen molar-refractivity contribution < 1.29 is 4.79 Å². The van der Waals surface area contributed by atoms with Gasteiger partial charge in [-0.3, -0.25) is 4.79 Å². The number of hydrogen-bond donors (Lipinski definition) is 2. The molecular formula is C18H16Cl2N4OS. The minimum Gasteiger partial charge on any atom is -0.337 e. The average molecular weight is 407 g/mol. The highest BCUT2D eigenvalue weighted by Gasteiger charge is 2.19. The van der Waals surface area contributed by atoms with E-state index in [-0.39, 0.29) is 5.91 Å². The lowest BCUT2D eigenvalue weighted by Crippen LogP contribution is -2.23. The van der Waals surface area contributed by atoms with Gasteiger partial charge in [-0.15, -0.1) is 0 Å². The van der Waals surface area contributed by atoms with E-state index >= 15 is 0 Å². The van der Waals surface area contributed by atoms with Gasteiger partial charge in [0, 0.05) is 5.56 Å². The van der Waals surface area contributed by atoms with Crippen LogP contribution in [0.3, 0.4) is 0 Å². The van der Waals surface area contributed by atoms with Crippen LogP contribution < -0.4 is 11.2 Å². The number of nitrogens with zero attached hydrogens (tertiary/aromatic N) is 2. The van der Waals surface area contributed by atoms with Crippen molar-refractivity contribution in [1.82, 2.24) is 9.66 Å². The molecule has 26 heavy (non-hydrogen) atoms. The number of carbonyl (C=O) groups excluding carboxylic acids is 1. The van der Waals surface area contributed by atoms with E-state index in [1.807, 2.05) is 30.3 Å². The summed E-state index contributed by atoms with van der Waals surface area (Å²) in [6.45, 7) is 1.77. The number of aromatic nitrogens is 2. The lowest BCUT2D eigenvalue weighted by molar-refractivity contribution is -0.115. The maximum absolute atomic E-state index is 12.5. The number of benzene rings is 2. The highest BCUT2D eigenvalue weighted by molar-refractivity contribution is 8.00. The van der Waals surface area contributed by atoms with Crippen molar-refractivity contribution in [3.8, 4) is 11.3 Å². The number of imidazole rings is 1. The van der Waals surface area contributed by atoms with Gasteiger partial charge in [0.25, 0.3) is 0 Å². The molecule has 0 aliphatic heterocycles. The molecule has 1 atom stereocenters. The van der Waals surface area contributed by atoms with Crippen molar-refractivity contribution in [3.05, 3.63) is 64.8 Å². The summed E-state index contributed by atoms with van der Waals surface area (Å²) in [5.74, 6) is 5.77. The minimum atomic E-state index is -0.432. The number of hydrogen-bond acceptors (Lipinski definition) is 4. The summed E-state index contributed by atoms with van der Waals surface area (Å²) in [6, 6.07) is 14.8. The second-order valence-corrected chi connectivity index (χ2v) is 7.63. The summed E-state index contributed by atoms with van der Waals surface area (Å²) in [7, 11) is 0. The predicted octanol–water partition coefficient (Wildman–Crippen LogP) is 4.69. The van der Waals surface area contributed by atoms with Gasteiger partial charge >= 0.3 is 0 Å². The topological polar surface area (TPSA) is 72.9 Å². The van der Waals surface area contributed by atoms with Gasteiger partial charge in [-0.05, 0) is 19.1 Å². The Labute approximate surface area is 165 Å². The average Bonchev–Trinajstić information content (AvgIpc) is 3.00. The van der Waals surface area contributed by atoms with Gasteiger partial charge in [-0.1, -0.05) is 71.4 Å². The van der Waals surface area contributed by atoms with Crippen LogP contribution in [0.2, 0.25) is 10.0 Å². The standard InChI is InChI=1S/C18H16Cl2N4OS/c1-11(17(25)22-14-9-5-8-13(19)16(14)20)26-18-23-15(10-24(18)21)12-6-3-2-4-7-12/h2-11H,21H2,1H3,(H,22,25). The van der Waals surface area contributed by atoms with Gasteiger partial charge in [0.15, 0.2) is 5.16 Å². The number of carbonyl (C=O) groups is 1. The molecule has 1 amide bonds. The van der Waals surface area contributed by atoms with Crippen LogP contribution in [0.15, 0.2) is 59.9 Å². The zero-order chi connectivity index (χ0) is 18.7. The van der Waals surface area contributed by atoms with Crippen molar-refractivity contribution in [2.45, 2.75) is 17.3 Å². The summed E-state index contributed by atoms with van der Waals surface area (Å²) < 4.78 is 1.42. The fraction of sp³-hybridized carbons (Fsp3) is 0.111. The van der Waals surface area contributed by atoms with E-state index in [2.05, 4.69) is 10.3 Å². The maximum atomic E-state index is 12.5. The van der Waals surface area contributed by atoms with Crippen LogP contribution in [0.25, 0.3) is 11.3 Å². The largest absolute Gasteiger partial charge is 0.337 e. The third-order valence-corrected chi connectivity index (χ3v) is 5.53. The van der Waals surface area contributed by atoms with E-state index in [0.29, 0.717) is 20.9 Å². The minimum absolute atomic E-state index is 0.219. The summed E-state index contributed by atoms with van der Waals surface area (Å²) in [6.07, 6.45) is 1.73. The number of rotatable bonds is 5. The molecule has 1 heterocycles. The predicted molar refractivity (Wildman–Crippen MR) is 108 cm³/mol. The summed E-state index contributed by atoms with van der Waals surface area (Å²) in [4.78, 5) is 17.0. The smallest absolute Gasteiger partial charge is 0.237 e. The van der Waals surface area contributed by atoms with Crippen LogP contribution in [-0.4, -0.2) is 20.8 Å². The molecule has 1 aromatic heterocycles. The van der Waals surface area contributed by atoms with E-state index in [1.165, 1.54) is 16.4 Å². The second-order valence-electron chi connectivity index (χ2n) is 5.53. The Morgan fingerprint density at radius 2 is 1.92 bits per heavy atom. The molecule has 0 spiro atoms. The Balaban J connectivity index is 1.71. The highest BCUT2D eigenvalue weighted by atomic mass is 35.5. The van der Waals surface area contributed by atoms with Crippen molar-refractivity contribution in [1.29, 1.82) is 0 Å². The molecule has 0 saturated carbocycles. The summed E-state index contributed by atoms with van der Waals surface area (Å²) >= 11 is 13.3. The van der Waals surface area contributed by atoms with E-state index in [4.69, 9.17) is 29.0 Å². The van der Waals surface area contributed by atoms with Crippen LogP contribution in [0.4, 0.5) is 5.69 Å². The number of nitrogen functional groups attached to an aromatic ring is 1. The Morgan fingerprint density at radius 3 is 2.65 bits per heavy atom. The number of halogens is 2. The van der Waals surface area contributed by atoms with Gasteiger partial charge in [0.05, 0.1) is 32.9 Å². The molecule has 0 fully saturated rings. The first-order chi connectivity index (χ1) is 12.5. The Bertz CT molecular complexity index is 930. The van der Waals surface area contributed by atoms with Crippen LogP contribution in [-0.2, 0) is 4.79 Å². The van der Waals surface area contributed by atoms with Gasteiger partial charge in [-0.25, -0.2) is 9.66 Å². The van der Waals surface area contributed by atoms with Crippen molar-refractivity contribution in [2.24, 2.45) is 0 Å². The van der Waals surface area contributed by atoms with Gasteiger partial charge < -0.3 is 11.2 Å². The molecular weight excluding hydrogens is 391 g/mol. The molecule has 0 aliphatic rings. The fourth-order valence-corrected chi connectivity index (χ4v) is 3.41. The Hall–Kier alpha value is -2.15. The first kappa shape index (κ1) is 18.6. The second kappa shape index (κ2) is 8.03. The Morgan fingerprint density at radius 1 is 1.19 bits per heavy atom. The van der Waals surface area contributed by atoms with Crippen molar-refractivity contribution >= 4 is 46.6 Å². The molecule has 3 aromatic rings. The van der Waals surface area contributed by atoms with Crippen molar-refractivity contribution in [2.75, 3.05) is 11.2 Å². The van der Waals surface area contributed by atoms with Crippen LogP contribution in [0.5, 0.6) is 0 Å². The van der Waals surface area contributed by atoms with Crippen LogP contribution in [0, 0.1) is 0 Å². The summed E-state index contributed by atoms with van der Waals surface area (Å²) in [5, 5.41) is 3.58. The highest BCUT2D eigenvalue weighted by Crippen LogP contribution is 2.31. The van der Waals surface area contributed by atoms with E-state index in [1.54, 1.807) is 31.3 Å². The molecule has 0 saturated heterocycles. The normalized spacial score (nSPS) is 12.0. The fourth-order valence-electron chi connectivity index (χ4n) is 2.26. The van der Waals surface area contributed by atoms with Crippen molar-refractivity contribution in [3.63, 3.8) is 0 Å². The molecule has 8 heteroatoms. The first-order valence-electron chi connectivity index (χ1n) is 7.77. The van der Waals surface area contributed by atoms with Gasteiger partial charge in [0.2, 0.25) is 5.91 Å². The number of nitrogens with two attached hydrogens (primary N) is 1. The number of anilines is 1. The van der Waals surface area contributed by atoms with Crippen LogP contribution in [0.1, 0.15) is 6.92 Å². The van der Waals surface area contributed by atoms with E-state index in [0.717, 1.165) is 11.3 Å². The van der Waals surface area contributed by atoms with E-state index in [9.17, 15) is 4.79 Å². The molecule has 3 rings (SSSR count). The quantitative estimate of drug-likeness (QED) is 0.476. The molecule has 5 nitrogen and oxygen atoms in total. The summed E-state index contributed by atoms with van der Waals surface area (Å²) in [5.41, 5.74) is 2.18. The number of thioether (sulfide) groups is 1. The molecule has 0 radical (unpaired) electrons. The first-order valence-corrected chi connectivity index (χ1v) is 9.40. The molecule has 3 N–H and O–H groups in total. The van der Waals surface area contributed by atoms with Gasteiger partial charge in [0.1, 0.15) is 0 Å². The third-order valence-electron chi connectivity index (χ3n) is 3.63. The van der Waals surface area contributed by atoms with Crippen LogP contribution >= 0.6 is 35.0 Å². The molecule has 1 unspecified atom stereocenters.